The predicted molar refractivity (Wildman–Crippen MR) is 138 cm³/mol. The van der Waals surface area contributed by atoms with Gasteiger partial charge in [-0.1, -0.05) is 37.3 Å². The molecule has 0 aliphatic rings. The highest BCUT2D eigenvalue weighted by molar-refractivity contribution is 5.86. The number of esters is 1. The standard InChI is InChI=1S/C28H37NO8/c1-19(28(26(33)34,16-24(30)31)29-17-25(32)37-27(2,3)4)18-36-23-12-7-6-10-21(23)14-13-20-9-8-11-22(15-20)35-5/h6-12,15,19,29H,13-14,16-18H2,1-5H3,(H,30,31)(H,33,34). The van der Waals surface area contributed by atoms with Crippen LogP contribution in [0.1, 0.15) is 45.2 Å². The lowest BCUT2D eigenvalue weighted by Gasteiger charge is -2.35. The summed E-state index contributed by atoms with van der Waals surface area (Å²) < 4.78 is 16.5. The number of hydrogen-bond donors (Lipinski definition) is 3. The topological polar surface area (TPSA) is 131 Å². The van der Waals surface area contributed by atoms with Crippen molar-refractivity contribution in [2.45, 2.75) is 58.1 Å². The first-order valence-electron chi connectivity index (χ1n) is 12.1. The first-order chi connectivity index (χ1) is 17.4. The third-order valence-electron chi connectivity index (χ3n) is 5.90. The van der Waals surface area contributed by atoms with Crippen LogP contribution >= 0.6 is 0 Å². The average molecular weight is 516 g/mol. The van der Waals surface area contributed by atoms with Gasteiger partial charge in [0.05, 0.1) is 26.7 Å². The maximum absolute atomic E-state index is 12.3. The molecule has 2 rings (SSSR count). The van der Waals surface area contributed by atoms with Crippen LogP contribution in [-0.4, -0.2) is 59.5 Å². The minimum absolute atomic E-state index is 0.0862. The number of carboxylic acids is 2. The number of carbonyl (C=O) groups is 3. The molecule has 0 amide bonds. The molecule has 0 saturated carbocycles. The summed E-state index contributed by atoms with van der Waals surface area (Å²) >= 11 is 0. The summed E-state index contributed by atoms with van der Waals surface area (Å²) in [6.45, 7) is 6.10. The molecular formula is C28H37NO8. The van der Waals surface area contributed by atoms with Gasteiger partial charge in [-0.2, -0.15) is 0 Å². The number of nitrogens with one attached hydrogen (secondary N) is 1. The number of rotatable bonds is 14. The Balaban J connectivity index is 2.15. The van der Waals surface area contributed by atoms with Crippen LogP contribution in [0.25, 0.3) is 0 Å². The Bertz CT molecular complexity index is 1080. The molecule has 9 nitrogen and oxygen atoms in total. The Morgan fingerprint density at radius 3 is 2.32 bits per heavy atom. The van der Waals surface area contributed by atoms with Gasteiger partial charge < -0.3 is 24.4 Å². The van der Waals surface area contributed by atoms with Crippen LogP contribution in [0.15, 0.2) is 48.5 Å². The molecule has 0 spiro atoms. The number of para-hydroxylation sites is 1. The number of carbonyl (C=O) groups excluding carboxylic acids is 1. The van der Waals surface area contributed by atoms with Crippen molar-refractivity contribution >= 4 is 17.9 Å². The maximum atomic E-state index is 12.3. The Kier molecular flexibility index (Phi) is 10.5. The minimum atomic E-state index is -1.95. The molecule has 0 aromatic heterocycles. The fraction of sp³-hybridized carbons (Fsp3) is 0.464. The van der Waals surface area contributed by atoms with Crippen molar-refractivity contribution in [3.63, 3.8) is 0 Å². The lowest BCUT2D eigenvalue weighted by molar-refractivity contribution is -0.159. The summed E-state index contributed by atoms with van der Waals surface area (Å²) in [5.41, 5.74) is -0.683. The molecule has 2 atom stereocenters. The number of benzene rings is 2. The summed E-state index contributed by atoms with van der Waals surface area (Å²) in [4.78, 5) is 36.2. The van der Waals surface area contributed by atoms with Gasteiger partial charge in [0, 0.05) is 5.92 Å². The van der Waals surface area contributed by atoms with E-state index in [-0.39, 0.29) is 6.61 Å². The summed E-state index contributed by atoms with van der Waals surface area (Å²) in [5.74, 6) is -2.84. The van der Waals surface area contributed by atoms with Crippen molar-refractivity contribution in [2.75, 3.05) is 20.3 Å². The van der Waals surface area contributed by atoms with Gasteiger partial charge in [0.25, 0.3) is 0 Å². The molecule has 0 aliphatic carbocycles. The molecule has 0 fully saturated rings. The van der Waals surface area contributed by atoms with Crippen molar-refractivity contribution < 1.29 is 38.8 Å². The Morgan fingerprint density at radius 2 is 1.70 bits per heavy atom. The smallest absolute Gasteiger partial charge is 0.324 e. The van der Waals surface area contributed by atoms with Gasteiger partial charge in [-0.15, -0.1) is 0 Å². The van der Waals surface area contributed by atoms with Gasteiger partial charge >= 0.3 is 17.9 Å². The normalized spacial score (nSPS) is 13.8. The minimum Gasteiger partial charge on any atom is -0.497 e. The van der Waals surface area contributed by atoms with Crippen LogP contribution in [0.5, 0.6) is 11.5 Å². The molecule has 0 aliphatic heterocycles. The van der Waals surface area contributed by atoms with E-state index < -0.39 is 47.9 Å². The average Bonchev–Trinajstić information content (AvgIpc) is 2.83. The van der Waals surface area contributed by atoms with Gasteiger partial charge in [0.15, 0.2) is 0 Å². The molecule has 2 aromatic carbocycles. The first-order valence-corrected chi connectivity index (χ1v) is 12.1. The van der Waals surface area contributed by atoms with Crippen LogP contribution < -0.4 is 14.8 Å². The number of aliphatic carboxylic acids is 2. The highest BCUT2D eigenvalue weighted by Gasteiger charge is 2.46. The molecule has 37 heavy (non-hydrogen) atoms. The van der Waals surface area contributed by atoms with Gasteiger partial charge in [0.1, 0.15) is 22.6 Å². The first kappa shape index (κ1) is 29.6. The van der Waals surface area contributed by atoms with E-state index in [4.69, 9.17) is 14.2 Å². The third kappa shape index (κ3) is 9.09. The quantitative estimate of drug-likeness (QED) is 0.322. The molecule has 0 bridgehead atoms. The second-order valence-electron chi connectivity index (χ2n) is 9.96. The second kappa shape index (κ2) is 13.1. The van der Waals surface area contributed by atoms with Crippen molar-refractivity contribution in [1.29, 1.82) is 0 Å². The van der Waals surface area contributed by atoms with E-state index >= 15 is 0 Å². The Labute approximate surface area is 217 Å². The molecule has 0 heterocycles. The van der Waals surface area contributed by atoms with Crippen LogP contribution in [0.3, 0.4) is 0 Å². The molecular weight excluding hydrogens is 478 g/mol. The third-order valence-corrected chi connectivity index (χ3v) is 5.90. The van der Waals surface area contributed by atoms with Gasteiger partial charge in [-0.05, 0) is 62.9 Å². The molecule has 0 saturated heterocycles. The highest BCUT2D eigenvalue weighted by atomic mass is 16.6. The van der Waals surface area contributed by atoms with E-state index in [1.165, 1.54) is 0 Å². The monoisotopic (exact) mass is 515 g/mol. The van der Waals surface area contributed by atoms with E-state index in [0.29, 0.717) is 12.2 Å². The van der Waals surface area contributed by atoms with E-state index in [1.807, 2.05) is 42.5 Å². The summed E-state index contributed by atoms with van der Waals surface area (Å²) in [7, 11) is 1.62. The molecule has 2 unspecified atom stereocenters. The SMILES string of the molecule is COc1cccc(CCc2ccccc2OCC(C)C(CC(=O)O)(NCC(=O)OC(C)(C)C)C(=O)O)c1. The Morgan fingerprint density at radius 1 is 1.00 bits per heavy atom. The van der Waals surface area contributed by atoms with E-state index in [2.05, 4.69) is 5.32 Å². The number of carboxylic acid groups (broad SMARTS) is 2. The summed E-state index contributed by atoms with van der Waals surface area (Å²) in [6.07, 6.45) is 0.670. The van der Waals surface area contributed by atoms with Crippen LogP contribution in [0.4, 0.5) is 0 Å². The van der Waals surface area contributed by atoms with Crippen LogP contribution in [0, 0.1) is 5.92 Å². The van der Waals surface area contributed by atoms with Crippen LogP contribution in [-0.2, 0) is 32.0 Å². The summed E-state index contributed by atoms with van der Waals surface area (Å²) in [6, 6.07) is 15.2. The lowest BCUT2D eigenvalue weighted by Crippen LogP contribution is -2.60. The van der Waals surface area contributed by atoms with Crippen molar-refractivity contribution in [3.8, 4) is 11.5 Å². The number of aryl methyl sites for hydroxylation is 2. The maximum Gasteiger partial charge on any atom is 0.324 e. The number of hydrogen-bond acceptors (Lipinski definition) is 7. The highest BCUT2D eigenvalue weighted by Crippen LogP contribution is 2.27. The zero-order chi connectivity index (χ0) is 27.6. The number of methoxy groups -OCH3 is 1. The van der Waals surface area contributed by atoms with E-state index in [9.17, 15) is 24.6 Å². The fourth-order valence-corrected chi connectivity index (χ4v) is 3.93. The zero-order valence-electron chi connectivity index (χ0n) is 22.1. The number of ether oxygens (including phenoxy) is 3. The van der Waals surface area contributed by atoms with E-state index in [0.717, 1.165) is 23.3 Å². The van der Waals surface area contributed by atoms with Crippen LogP contribution in [0.2, 0.25) is 0 Å². The largest absolute Gasteiger partial charge is 0.497 e. The predicted octanol–water partition coefficient (Wildman–Crippen LogP) is 3.72. The van der Waals surface area contributed by atoms with Gasteiger partial charge in [0.2, 0.25) is 0 Å². The van der Waals surface area contributed by atoms with Gasteiger partial charge in [-0.3, -0.25) is 19.7 Å². The molecule has 2 aromatic rings. The molecule has 3 N–H and O–H groups in total. The summed E-state index contributed by atoms with van der Waals surface area (Å²) in [5, 5.41) is 22.2. The molecule has 202 valence electrons. The zero-order valence-corrected chi connectivity index (χ0v) is 22.1. The Hall–Kier alpha value is -3.59. The molecule has 9 heteroatoms. The van der Waals surface area contributed by atoms with Gasteiger partial charge in [-0.25, -0.2) is 0 Å². The fourth-order valence-electron chi connectivity index (χ4n) is 3.93. The lowest BCUT2D eigenvalue weighted by atomic mass is 9.82. The van der Waals surface area contributed by atoms with Crippen molar-refractivity contribution in [3.05, 3.63) is 59.7 Å². The second-order valence-corrected chi connectivity index (χ2v) is 9.96. The van der Waals surface area contributed by atoms with Crippen molar-refractivity contribution in [2.24, 2.45) is 5.92 Å². The molecule has 0 radical (unpaired) electrons. The van der Waals surface area contributed by atoms with E-state index in [1.54, 1.807) is 40.9 Å². The van der Waals surface area contributed by atoms with Crippen molar-refractivity contribution in [1.82, 2.24) is 5.32 Å².